The van der Waals surface area contributed by atoms with Crippen LogP contribution < -0.4 is 5.32 Å². The molecular formula is C18H23N5O4. The lowest BCUT2D eigenvalue weighted by molar-refractivity contribution is -0.135. The predicted molar refractivity (Wildman–Crippen MR) is 94.6 cm³/mol. The Bertz CT molecular complexity index is 760. The van der Waals surface area contributed by atoms with Gasteiger partial charge in [-0.25, -0.2) is 0 Å². The quantitative estimate of drug-likeness (QED) is 0.807. The highest BCUT2D eigenvalue weighted by molar-refractivity contribution is 6.39. The number of ether oxygens (including phenoxy) is 1. The van der Waals surface area contributed by atoms with Gasteiger partial charge in [0.1, 0.15) is 5.71 Å². The molecule has 0 unspecified atom stereocenters. The van der Waals surface area contributed by atoms with Gasteiger partial charge in [0, 0.05) is 32.2 Å². The van der Waals surface area contributed by atoms with Crippen molar-refractivity contribution in [3.63, 3.8) is 0 Å². The van der Waals surface area contributed by atoms with E-state index in [1.54, 1.807) is 12.4 Å². The van der Waals surface area contributed by atoms with Gasteiger partial charge >= 0.3 is 0 Å². The minimum Gasteiger partial charge on any atom is -0.386 e. The van der Waals surface area contributed by atoms with Crippen molar-refractivity contribution in [2.45, 2.75) is 38.3 Å². The van der Waals surface area contributed by atoms with Gasteiger partial charge in [-0.05, 0) is 13.3 Å². The van der Waals surface area contributed by atoms with Gasteiger partial charge in [-0.15, -0.1) is 0 Å². The van der Waals surface area contributed by atoms with E-state index in [0.717, 1.165) is 12.1 Å². The first-order valence-corrected chi connectivity index (χ1v) is 9.22. The average molecular weight is 373 g/mol. The third-order valence-corrected chi connectivity index (χ3v) is 5.27. The van der Waals surface area contributed by atoms with Gasteiger partial charge in [0.05, 0.1) is 43.2 Å². The van der Waals surface area contributed by atoms with Crippen LogP contribution in [0.1, 0.15) is 30.7 Å². The molecule has 3 aliphatic heterocycles. The molecule has 2 saturated heterocycles. The Balaban J connectivity index is 1.29. The molecule has 0 aromatic carbocycles. The Kier molecular flexibility index (Phi) is 4.77. The summed E-state index contributed by atoms with van der Waals surface area (Å²) in [5.41, 5.74) is 1.28. The molecule has 1 aromatic heterocycles. The lowest BCUT2D eigenvalue weighted by atomic mass is 9.96. The summed E-state index contributed by atoms with van der Waals surface area (Å²) in [5, 5.41) is 6.79. The number of nitrogens with zero attached hydrogens (tertiary/aromatic N) is 4. The second-order valence-electron chi connectivity index (χ2n) is 7.39. The number of likely N-dealkylation sites (tertiary alicyclic amines) is 1. The van der Waals surface area contributed by atoms with Crippen molar-refractivity contribution in [2.75, 3.05) is 26.3 Å². The van der Waals surface area contributed by atoms with Gasteiger partial charge < -0.3 is 19.8 Å². The van der Waals surface area contributed by atoms with Crippen LogP contribution >= 0.6 is 0 Å². The third-order valence-electron chi connectivity index (χ3n) is 5.27. The molecule has 1 N–H and O–H groups in total. The van der Waals surface area contributed by atoms with Crippen molar-refractivity contribution in [1.29, 1.82) is 0 Å². The molecule has 0 saturated carbocycles. The fourth-order valence-corrected chi connectivity index (χ4v) is 3.67. The number of carbonyl (C=O) groups is 2. The second kappa shape index (κ2) is 7.22. The highest BCUT2D eigenvalue weighted by Crippen LogP contribution is 2.35. The van der Waals surface area contributed by atoms with Crippen molar-refractivity contribution < 1.29 is 19.2 Å². The highest BCUT2D eigenvalue weighted by Gasteiger charge is 2.48. The zero-order chi connectivity index (χ0) is 18.9. The van der Waals surface area contributed by atoms with E-state index < -0.39 is 5.60 Å². The molecule has 4 rings (SSSR count). The topological polar surface area (TPSA) is 106 Å². The van der Waals surface area contributed by atoms with E-state index in [4.69, 9.17) is 9.57 Å². The summed E-state index contributed by atoms with van der Waals surface area (Å²) in [4.78, 5) is 40.7. The molecule has 2 atom stereocenters. The lowest BCUT2D eigenvalue weighted by Gasteiger charge is -2.23. The van der Waals surface area contributed by atoms with E-state index >= 15 is 0 Å². The Morgan fingerprint density at radius 2 is 2.26 bits per heavy atom. The van der Waals surface area contributed by atoms with E-state index in [9.17, 15) is 9.59 Å². The van der Waals surface area contributed by atoms with E-state index in [-0.39, 0.29) is 24.3 Å². The summed E-state index contributed by atoms with van der Waals surface area (Å²) in [7, 11) is 0. The summed E-state index contributed by atoms with van der Waals surface area (Å²) >= 11 is 0. The molecular weight excluding hydrogens is 350 g/mol. The third kappa shape index (κ3) is 3.78. The largest absolute Gasteiger partial charge is 0.386 e. The van der Waals surface area contributed by atoms with E-state index in [1.807, 2.05) is 11.8 Å². The summed E-state index contributed by atoms with van der Waals surface area (Å²) in [6, 6.07) is 0. The van der Waals surface area contributed by atoms with Crippen molar-refractivity contribution >= 4 is 17.5 Å². The van der Waals surface area contributed by atoms with E-state index in [2.05, 4.69) is 20.4 Å². The number of nitrogens with one attached hydrogen (secondary N) is 1. The molecule has 4 heterocycles. The Labute approximate surface area is 157 Å². The first-order chi connectivity index (χ1) is 13.0. The Hall–Kier alpha value is -2.55. The summed E-state index contributed by atoms with van der Waals surface area (Å²) in [6.07, 6.45) is 5.15. The first kappa shape index (κ1) is 17.8. The summed E-state index contributed by atoms with van der Waals surface area (Å²) < 4.78 is 5.31. The van der Waals surface area contributed by atoms with Gasteiger partial charge in [-0.2, -0.15) is 0 Å². The zero-order valence-corrected chi connectivity index (χ0v) is 15.3. The van der Waals surface area contributed by atoms with Gasteiger partial charge in [-0.3, -0.25) is 19.6 Å². The highest BCUT2D eigenvalue weighted by atomic mass is 16.7. The van der Waals surface area contributed by atoms with Crippen molar-refractivity contribution in [2.24, 2.45) is 11.1 Å². The second-order valence-corrected chi connectivity index (χ2v) is 7.39. The number of hydrogen-bond acceptors (Lipinski definition) is 7. The van der Waals surface area contributed by atoms with Crippen LogP contribution in [-0.4, -0.2) is 64.3 Å². The van der Waals surface area contributed by atoms with Crippen LogP contribution in [0.5, 0.6) is 0 Å². The molecule has 1 aromatic rings. The van der Waals surface area contributed by atoms with E-state index in [1.165, 1.54) is 0 Å². The van der Waals surface area contributed by atoms with E-state index in [0.29, 0.717) is 50.6 Å². The van der Waals surface area contributed by atoms with Crippen LogP contribution in [0.4, 0.5) is 0 Å². The van der Waals surface area contributed by atoms with Crippen LogP contribution in [0, 0.1) is 12.8 Å². The number of carbonyl (C=O) groups excluding carboxylic acids is 2. The number of rotatable bonds is 4. The Morgan fingerprint density at radius 3 is 3.00 bits per heavy atom. The number of oxime groups is 1. The molecule has 9 nitrogen and oxygen atoms in total. The first-order valence-electron chi connectivity index (χ1n) is 9.22. The van der Waals surface area contributed by atoms with Gasteiger partial charge in [0.15, 0.2) is 5.60 Å². The molecule has 27 heavy (non-hydrogen) atoms. The number of aromatic nitrogens is 2. The maximum absolute atomic E-state index is 12.5. The molecule has 2 fully saturated rings. The van der Waals surface area contributed by atoms with Gasteiger partial charge in [0.25, 0.3) is 5.91 Å². The smallest absolute Gasteiger partial charge is 0.269 e. The molecule has 3 aliphatic rings. The maximum atomic E-state index is 12.5. The van der Waals surface area contributed by atoms with Gasteiger partial charge in [0.2, 0.25) is 5.91 Å². The molecule has 9 heteroatoms. The minimum atomic E-state index is -0.578. The van der Waals surface area contributed by atoms with Crippen LogP contribution in [0.3, 0.4) is 0 Å². The lowest BCUT2D eigenvalue weighted by Crippen LogP contribution is -2.40. The molecule has 2 amide bonds. The number of aryl methyl sites for hydroxylation is 1. The molecule has 0 aliphatic carbocycles. The van der Waals surface area contributed by atoms with Crippen molar-refractivity contribution in [3.8, 4) is 0 Å². The zero-order valence-electron chi connectivity index (χ0n) is 15.3. The molecule has 144 valence electrons. The molecule has 0 radical (unpaired) electrons. The summed E-state index contributed by atoms with van der Waals surface area (Å²) in [6.45, 7) is 4.36. The maximum Gasteiger partial charge on any atom is 0.269 e. The number of amides is 2. The van der Waals surface area contributed by atoms with Gasteiger partial charge in [-0.1, -0.05) is 5.16 Å². The Morgan fingerprint density at radius 1 is 1.37 bits per heavy atom. The molecule has 1 spiro atoms. The van der Waals surface area contributed by atoms with Crippen LogP contribution in [-0.2, 0) is 25.7 Å². The average Bonchev–Trinajstić information content (AvgIpc) is 3.43. The van der Waals surface area contributed by atoms with Crippen LogP contribution in [0.15, 0.2) is 17.5 Å². The number of hydrogen-bond donors (Lipinski definition) is 1. The van der Waals surface area contributed by atoms with Crippen molar-refractivity contribution in [1.82, 2.24) is 20.2 Å². The molecule has 0 bridgehead atoms. The predicted octanol–water partition coefficient (Wildman–Crippen LogP) is 0.185. The van der Waals surface area contributed by atoms with Crippen LogP contribution in [0.25, 0.3) is 0 Å². The fraction of sp³-hybridized carbons (Fsp3) is 0.611. The SMILES string of the molecule is Cc1cnc(CNC(=O)C2=NO[C@@]3(CCN(C(=O)[C@H]4CCOC4)C3)C2)cn1. The van der Waals surface area contributed by atoms with Crippen molar-refractivity contribution in [3.05, 3.63) is 23.8 Å². The minimum absolute atomic E-state index is 0.0548. The summed E-state index contributed by atoms with van der Waals surface area (Å²) in [5.74, 6) is -0.215. The fourth-order valence-electron chi connectivity index (χ4n) is 3.67. The van der Waals surface area contributed by atoms with Crippen LogP contribution in [0.2, 0.25) is 0 Å². The monoisotopic (exact) mass is 373 g/mol. The standard InChI is InChI=1S/C18H23N5O4/c1-12-7-20-14(8-19-12)9-21-16(24)15-6-18(27-22-15)3-4-23(11-18)17(25)13-2-5-26-10-13/h7-8,13H,2-6,9-11H2,1H3,(H,21,24)/t13-,18-/m0/s1. The normalized spacial score (nSPS) is 26.9.